The molecule has 1 N–H and O–H groups in total. The van der Waals surface area contributed by atoms with Crippen LogP contribution in [0.3, 0.4) is 0 Å². The third-order valence-electron chi connectivity index (χ3n) is 2.99. The molecule has 1 aliphatic rings. The lowest BCUT2D eigenvalue weighted by atomic mass is 10.3. The van der Waals surface area contributed by atoms with Crippen LogP contribution in [0.15, 0.2) is 29.5 Å². The predicted molar refractivity (Wildman–Crippen MR) is 69.1 cm³/mol. The Morgan fingerprint density at radius 3 is 2.42 bits per heavy atom. The van der Waals surface area contributed by atoms with E-state index in [4.69, 9.17) is 0 Å². The molecular formula is C11H13N7O. The zero-order valence-electron chi connectivity index (χ0n) is 10.2. The van der Waals surface area contributed by atoms with Gasteiger partial charge in [0.2, 0.25) is 5.95 Å². The SMILES string of the molecule is O=c1nc(N2CCN(c3ncccn3)CC2)cn[nH]1. The molecule has 0 amide bonds. The molecule has 8 nitrogen and oxygen atoms in total. The molecule has 0 spiro atoms. The van der Waals surface area contributed by atoms with E-state index in [9.17, 15) is 4.79 Å². The number of piperazine rings is 1. The van der Waals surface area contributed by atoms with Gasteiger partial charge in [0.1, 0.15) is 0 Å². The Hall–Kier alpha value is -2.51. The molecule has 2 aromatic rings. The molecule has 2 aromatic heterocycles. The van der Waals surface area contributed by atoms with Gasteiger partial charge in [-0.3, -0.25) is 0 Å². The number of aromatic amines is 1. The average Bonchev–Trinajstić information content (AvgIpc) is 2.48. The summed E-state index contributed by atoms with van der Waals surface area (Å²) >= 11 is 0. The molecular weight excluding hydrogens is 246 g/mol. The van der Waals surface area contributed by atoms with Crippen molar-refractivity contribution >= 4 is 11.8 Å². The summed E-state index contributed by atoms with van der Waals surface area (Å²) < 4.78 is 0. The van der Waals surface area contributed by atoms with Gasteiger partial charge < -0.3 is 9.80 Å². The van der Waals surface area contributed by atoms with Crippen molar-refractivity contribution in [3.05, 3.63) is 35.1 Å². The van der Waals surface area contributed by atoms with E-state index in [2.05, 4.69) is 30.0 Å². The lowest BCUT2D eigenvalue weighted by Gasteiger charge is -2.34. The minimum atomic E-state index is -0.425. The molecule has 0 aliphatic carbocycles. The Morgan fingerprint density at radius 2 is 1.74 bits per heavy atom. The number of nitrogens with one attached hydrogen (secondary N) is 1. The highest BCUT2D eigenvalue weighted by molar-refractivity contribution is 5.39. The van der Waals surface area contributed by atoms with Gasteiger partial charge in [0, 0.05) is 38.6 Å². The van der Waals surface area contributed by atoms with Gasteiger partial charge in [-0.15, -0.1) is 0 Å². The van der Waals surface area contributed by atoms with E-state index in [-0.39, 0.29) is 0 Å². The lowest BCUT2D eigenvalue weighted by molar-refractivity contribution is 0.630. The third kappa shape index (κ3) is 2.51. The zero-order chi connectivity index (χ0) is 13.1. The minimum absolute atomic E-state index is 0.425. The highest BCUT2D eigenvalue weighted by Crippen LogP contribution is 2.13. The van der Waals surface area contributed by atoms with E-state index in [1.807, 2.05) is 4.90 Å². The van der Waals surface area contributed by atoms with E-state index in [0.717, 1.165) is 32.1 Å². The molecule has 19 heavy (non-hydrogen) atoms. The Labute approximate surface area is 109 Å². The van der Waals surface area contributed by atoms with E-state index in [1.54, 1.807) is 24.7 Å². The van der Waals surface area contributed by atoms with Gasteiger partial charge in [-0.25, -0.2) is 19.9 Å². The van der Waals surface area contributed by atoms with Gasteiger partial charge in [-0.2, -0.15) is 10.1 Å². The third-order valence-corrected chi connectivity index (χ3v) is 2.99. The molecule has 0 bridgehead atoms. The maximum Gasteiger partial charge on any atom is 0.363 e. The van der Waals surface area contributed by atoms with Gasteiger partial charge in [0.25, 0.3) is 0 Å². The normalized spacial score (nSPS) is 15.6. The second-order valence-electron chi connectivity index (χ2n) is 4.17. The van der Waals surface area contributed by atoms with E-state index < -0.39 is 5.69 Å². The first-order chi connectivity index (χ1) is 9.33. The second kappa shape index (κ2) is 5.01. The van der Waals surface area contributed by atoms with Crippen LogP contribution in [0, 0.1) is 0 Å². The van der Waals surface area contributed by atoms with E-state index in [0.29, 0.717) is 5.82 Å². The summed E-state index contributed by atoms with van der Waals surface area (Å²) in [4.78, 5) is 27.6. The number of rotatable bonds is 2. The van der Waals surface area contributed by atoms with Crippen molar-refractivity contribution < 1.29 is 0 Å². The summed E-state index contributed by atoms with van der Waals surface area (Å²) in [5.74, 6) is 1.34. The standard InChI is InChI=1S/C11H13N7O/c19-11-15-9(8-14-16-11)17-4-6-18(7-5-17)10-12-2-1-3-13-10/h1-3,8H,4-7H2,(H,15,16,19). The smallest absolute Gasteiger partial charge is 0.352 e. The molecule has 8 heteroatoms. The van der Waals surface area contributed by atoms with Crippen LogP contribution in [0.4, 0.5) is 11.8 Å². The Bertz CT molecular complexity index is 591. The maximum absolute atomic E-state index is 11.1. The number of hydrogen-bond acceptors (Lipinski definition) is 7. The largest absolute Gasteiger partial charge is 0.363 e. The van der Waals surface area contributed by atoms with Crippen molar-refractivity contribution in [2.24, 2.45) is 0 Å². The fourth-order valence-corrected chi connectivity index (χ4v) is 2.05. The van der Waals surface area contributed by atoms with Crippen LogP contribution in [-0.4, -0.2) is 51.3 Å². The molecule has 1 saturated heterocycles. The number of nitrogens with zero attached hydrogens (tertiary/aromatic N) is 6. The summed E-state index contributed by atoms with van der Waals surface area (Å²) in [6.07, 6.45) is 5.03. The fraction of sp³-hybridized carbons (Fsp3) is 0.364. The highest BCUT2D eigenvalue weighted by atomic mass is 16.1. The van der Waals surface area contributed by atoms with Crippen LogP contribution in [0.5, 0.6) is 0 Å². The molecule has 3 rings (SSSR count). The molecule has 0 aromatic carbocycles. The first-order valence-electron chi connectivity index (χ1n) is 6.01. The summed E-state index contributed by atoms with van der Waals surface area (Å²) in [5.41, 5.74) is -0.425. The molecule has 1 aliphatic heterocycles. The summed E-state index contributed by atoms with van der Waals surface area (Å²) in [5, 5.41) is 6.03. The monoisotopic (exact) mass is 259 g/mol. The zero-order valence-corrected chi connectivity index (χ0v) is 10.2. The first-order valence-corrected chi connectivity index (χ1v) is 6.01. The second-order valence-corrected chi connectivity index (χ2v) is 4.17. The maximum atomic E-state index is 11.1. The van der Waals surface area contributed by atoms with E-state index >= 15 is 0 Å². The van der Waals surface area contributed by atoms with Crippen molar-refractivity contribution in [3.8, 4) is 0 Å². The van der Waals surface area contributed by atoms with Gasteiger partial charge in [0.05, 0.1) is 6.20 Å². The predicted octanol–water partition coefficient (Wildman–Crippen LogP) is -0.718. The number of hydrogen-bond donors (Lipinski definition) is 1. The molecule has 98 valence electrons. The number of aromatic nitrogens is 5. The summed E-state index contributed by atoms with van der Waals surface area (Å²) in [6, 6.07) is 1.80. The van der Waals surface area contributed by atoms with Crippen LogP contribution in [0.2, 0.25) is 0 Å². The molecule has 0 atom stereocenters. The quantitative estimate of drug-likeness (QED) is 0.761. The van der Waals surface area contributed by atoms with Crippen LogP contribution < -0.4 is 15.5 Å². The van der Waals surface area contributed by atoms with Crippen LogP contribution in [0.1, 0.15) is 0 Å². The van der Waals surface area contributed by atoms with Gasteiger partial charge in [-0.05, 0) is 6.07 Å². The number of anilines is 2. The summed E-state index contributed by atoms with van der Waals surface area (Å²) in [6.45, 7) is 3.10. The van der Waals surface area contributed by atoms with Crippen molar-refractivity contribution in [3.63, 3.8) is 0 Å². The molecule has 0 radical (unpaired) electrons. The Kier molecular flexibility index (Phi) is 3.05. The van der Waals surface area contributed by atoms with Gasteiger partial charge in [0.15, 0.2) is 5.82 Å². The highest BCUT2D eigenvalue weighted by Gasteiger charge is 2.19. The molecule has 3 heterocycles. The van der Waals surface area contributed by atoms with Crippen molar-refractivity contribution in [2.75, 3.05) is 36.0 Å². The minimum Gasteiger partial charge on any atom is -0.352 e. The molecule has 0 unspecified atom stereocenters. The number of H-pyrrole nitrogens is 1. The molecule has 1 fully saturated rings. The van der Waals surface area contributed by atoms with Crippen molar-refractivity contribution in [2.45, 2.75) is 0 Å². The average molecular weight is 259 g/mol. The van der Waals surface area contributed by atoms with Gasteiger partial charge >= 0.3 is 5.69 Å². The fourth-order valence-electron chi connectivity index (χ4n) is 2.05. The van der Waals surface area contributed by atoms with Crippen LogP contribution in [-0.2, 0) is 0 Å². The first kappa shape index (κ1) is 11.6. The Morgan fingerprint density at radius 1 is 1.05 bits per heavy atom. The molecule has 0 saturated carbocycles. The topological polar surface area (TPSA) is 90.9 Å². The van der Waals surface area contributed by atoms with Crippen LogP contribution in [0.25, 0.3) is 0 Å². The van der Waals surface area contributed by atoms with Crippen LogP contribution >= 0.6 is 0 Å². The van der Waals surface area contributed by atoms with Crippen molar-refractivity contribution in [1.29, 1.82) is 0 Å². The lowest BCUT2D eigenvalue weighted by Crippen LogP contribution is -2.47. The van der Waals surface area contributed by atoms with Gasteiger partial charge in [-0.1, -0.05) is 0 Å². The van der Waals surface area contributed by atoms with Crippen molar-refractivity contribution in [1.82, 2.24) is 25.1 Å². The summed E-state index contributed by atoms with van der Waals surface area (Å²) in [7, 11) is 0. The Balaban J connectivity index is 1.68. The van der Waals surface area contributed by atoms with E-state index in [1.165, 1.54) is 0 Å².